The first-order valence-corrected chi connectivity index (χ1v) is 5.64. The van der Waals surface area contributed by atoms with E-state index in [2.05, 4.69) is 0 Å². The first-order valence-electron chi connectivity index (χ1n) is 5.26. The quantitative estimate of drug-likeness (QED) is 0.904. The van der Waals surface area contributed by atoms with Crippen LogP contribution < -0.4 is 0 Å². The third-order valence-electron chi connectivity index (χ3n) is 2.59. The monoisotopic (exact) mass is 249 g/mol. The zero-order valence-corrected chi connectivity index (χ0v) is 9.84. The van der Waals surface area contributed by atoms with E-state index in [4.69, 9.17) is 16.7 Å². The Balaban J connectivity index is 2.36. The molecule has 0 fully saturated rings. The van der Waals surface area contributed by atoms with Gasteiger partial charge in [-0.15, -0.1) is 0 Å². The molecule has 88 valence electrons. The van der Waals surface area contributed by atoms with Gasteiger partial charge in [0.2, 0.25) is 0 Å². The Bertz CT molecular complexity index is 508. The summed E-state index contributed by atoms with van der Waals surface area (Å²) >= 11 is 5.93. The Morgan fingerprint density at radius 1 is 1.29 bits per heavy atom. The van der Waals surface area contributed by atoms with Crippen molar-refractivity contribution in [1.29, 1.82) is 0 Å². The number of rotatable bonds is 4. The molecule has 0 aliphatic heterocycles. The van der Waals surface area contributed by atoms with Crippen LogP contribution >= 0.6 is 11.6 Å². The molecule has 0 aliphatic rings. The zero-order chi connectivity index (χ0) is 12.3. The van der Waals surface area contributed by atoms with Gasteiger partial charge in [-0.3, -0.25) is 4.79 Å². The van der Waals surface area contributed by atoms with Crippen LogP contribution in [-0.4, -0.2) is 15.6 Å². The molecule has 0 saturated carbocycles. The minimum absolute atomic E-state index is 0.0367. The normalized spacial score (nSPS) is 12.3. The summed E-state index contributed by atoms with van der Waals surface area (Å²) in [6.45, 7) is 0. The van der Waals surface area contributed by atoms with Crippen molar-refractivity contribution in [3.8, 4) is 0 Å². The number of carboxylic acids is 1. The summed E-state index contributed by atoms with van der Waals surface area (Å²) in [4.78, 5) is 10.9. The predicted molar refractivity (Wildman–Crippen MR) is 66.3 cm³/mol. The molecule has 4 heteroatoms. The van der Waals surface area contributed by atoms with Crippen LogP contribution in [-0.2, 0) is 4.79 Å². The predicted octanol–water partition coefficient (Wildman–Crippen LogP) is 3.21. The molecule has 2 aromatic rings. The van der Waals surface area contributed by atoms with Crippen LogP contribution in [0.2, 0.25) is 5.02 Å². The molecule has 0 spiro atoms. The minimum Gasteiger partial charge on any atom is -0.481 e. The first kappa shape index (κ1) is 11.7. The fourth-order valence-corrected chi connectivity index (χ4v) is 2.03. The van der Waals surface area contributed by atoms with Crippen molar-refractivity contribution >= 4 is 17.6 Å². The van der Waals surface area contributed by atoms with Crippen LogP contribution in [0.25, 0.3) is 0 Å². The van der Waals surface area contributed by atoms with Gasteiger partial charge >= 0.3 is 5.97 Å². The number of carbonyl (C=O) groups is 1. The van der Waals surface area contributed by atoms with Gasteiger partial charge in [-0.2, -0.15) is 0 Å². The van der Waals surface area contributed by atoms with E-state index in [0.717, 1.165) is 5.56 Å². The van der Waals surface area contributed by atoms with E-state index in [0.29, 0.717) is 5.02 Å². The molecule has 17 heavy (non-hydrogen) atoms. The zero-order valence-electron chi connectivity index (χ0n) is 9.08. The molecule has 0 aliphatic carbocycles. The maximum atomic E-state index is 10.9. The molecule has 1 aromatic heterocycles. The van der Waals surface area contributed by atoms with Gasteiger partial charge in [0.05, 0.1) is 12.5 Å². The molecular weight excluding hydrogens is 238 g/mol. The molecule has 1 aromatic carbocycles. The highest BCUT2D eigenvalue weighted by Crippen LogP contribution is 2.24. The maximum Gasteiger partial charge on any atom is 0.305 e. The van der Waals surface area contributed by atoms with Crippen LogP contribution in [0.15, 0.2) is 48.8 Å². The van der Waals surface area contributed by atoms with Crippen molar-refractivity contribution in [3.63, 3.8) is 0 Å². The smallest absolute Gasteiger partial charge is 0.305 e. The Morgan fingerprint density at radius 3 is 2.59 bits per heavy atom. The van der Waals surface area contributed by atoms with Gasteiger partial charge in [-0.05, 0) is 29.8 Å². The summed E-state index contributed by atoms with van der Waals surface area (Å²) in [7, 11) is 0. The van der Waals surface area contributed by atoms with Crippen LogP contribution in [0.1, 0.15) is 18.0 Å². The number of benzene rings is 1. The van der Waals surface area contributed by atoms with Crippen molar-refractivity contribution in [2.75, 3.05) is 0 Å². The summed E-state index contributed by atoms with van der Waals surface area (Å²) in [6, 6.07) is 10.8. The van der Waals surface area contributed by atoms with Crippen LogP contribution in [0.5, 0.6) is 0 Å². The summed E-state index contributed by atoms with van der Waals surface area (Å²) in [5.41, 5.74) is 0.899. The first-order chi connectivity index (χ1) is 8.16. The lowest BCUT2D eigenvalue weighted by molar-refractivity contribution is -0.137. The molecule has 2 rings (SSSR count). The van der Waals surface area contributed by atoms with Gasteiger partial charge in [0, 0.05) is 17.4 Å². The van der Waals surface area contributed by atoms with E-state index in [1.54, 1.807) is 12.1 Å². The molecule has 0 unspecified atom stereocenters. The van der Waals surface area contributed by atoms with Gasteiger partial charge in [-0.1, -0.05) is 23.7 Å². The van der Waals surface area contributed by atoms with E-state index in [1.165, 1.54) is 0 Å². The summed E-state index contributed by atoms with van der Waals surface area (Å²) in [5, 5.41) is 9.58. The van der Waals surface area contributed by atoms with Crippen LogP contribution in [0, 0.1) is 0 Å². The summed E-state index contributed by atoms with van der Waals surface area (Å²) in [5.74, 6) is -0.830. The Morgan fingerprint density at radius 2 is 2.00 bits per heavy atom. The second kappa shape index (κ2) is 5.06. The van der Waals surface area contributed by atoms with Crippen LogP contribution in [0.4, 0.5) is 0 Å². The Labute approximate surface area is 104 Å². The largest absolute Gasteiger partial charge is 0.481 e. The van der Waals surface area contributed by atoms with E-state index in [9.17, 15) is 4.79 Å². The van der Waals surface area contributed by atoms with Gasteiger partial charge in [0.1, 0.15) is 0 Å². The molecule has 1 atom stereocenters. The highest BCUT2D eigenvalue weighted by molar-refractivity contribution is 6.30. The second-order valence-corrected chi connectivity index (χ2v) is 4.24. The molecule has 1 N–H and O–H groups in total. The number of halogens is 1. The third kappa shape index (κ3) is 2.88. The lowest BCUT2D eigenvalue weighted by atomic mass is 10.0. The fourth-order valence-electron chi connectivity index (χ4n) is 1.83. The Hall–Kier alpha value is -1.74. The lowest BCUT2D eigenvalue weighted by Gasteiger charge is -2.17. The van der Waals surface area contributed by atoms with Crippen molar-refractivity contribution in [2.24, 2.45) is 0 Å². The van der Waals surface area contributed by atoms with Gasteiger partial charge in [-0.25, -0.2) is 0 Å². The number of hydrogen-bond acceptors (Lipinski definition) is 1. The number of hydrogen-bond donors (Lipinski definition) is 1. The number of aromatic nitrogens is 1. The SMILES string of the molecule is O=C(O)C[C@H](c1cccc(Cl)c1)n1cccc1. The van der Waals surface area contributed by atoms with Gasteiger partial charge in [0.25, 0.3) is 0 Å². The number of nitrogens with zero attached hydrogens (tertiary/aromatic N) is 1. The topological polar surface area (TPSA) is 42.2 Å². The average Bonchev–Trinajstić information content (AvgIpc) is 2.79. The fraction of sp³-hybridized carbons (Fsp3) is 0.154. The third-order valence-corrected chi connectivity index (χ3v) is 2.82. The lowest BCUT2D eigenvalue weighted by Crippen LogP contribution is -2.13. The van der Waals surface area contributed by atoms with Crippen LogP contribution in [0.3, 0.4) is 0 Å². The molecule has 1 heterocycles. The van der Waals surface area contributed by atoms with E-state index >= 15 is 0 Å². The molecule has 0 radical (unpaired) electrons. The van der Waals surface area contributed by atoms with Crippen molar-refractivity contribution < 1.29 is 9.90 Å². The summed E-state index contributed by atoms with van der Waals surface area (Å²) < 4.78 is 1.87. The Kier molecular flexibility index (Phi) is 3.49. The summed E-state index contributed by atoms with van der Waals surface area (Å²) in [6.07, 6.45) is 3.75. The number of aliphatic carboxylic acids is 1. The molecule has 0 bridgehead atoms. The maximum absolute atomic E-state index is 10.9. The van der Waals surface area contributed by atoms with Gasteiger partial charge in [0.15, 0.2) is 0 Å². The van der Waals surface area contributed by atoms with E-state index < -0.39 is 5.97 Å². The molecule has 0 saturated heterocycles. The highest BCUT2D eigenvalue weighted by Gasteiger charge is 2.16. The van der Waals surface area contributed by atoms with Crippen molar-refractivity contribution in [3.05, 3.63) is 59.4 Å². The van der Waals surface area contributed by atoms with E-state index in [-0.39, 0.29) is 12.5 Å². The van der Waals surface area contributed by atoms with Crippen molar-refractivity contribution in [2.45, 2.75) is 12.5 Å². The molecule has 0 amide bonds. The molecular formula is C13H12ClNO2. The standard InChI is InChI=1S/C13H12ClNO2/c14-11-5-3-4-10(8-11)12(9-13(16)17)15-6-1-2-7-15/h1-8,12H,9H2,(H,16,17)/t12-/m1/s1. The number of carboxylic acid groups (broad SMARTS) is 1. The average molecular weight is 250 g/mol. The highest BCUT2D eigenvalue weighted by atomic mass is 35.5. The second-order valence-electron chi connectivity index (χ2n) is 3.80. The minimum atomic E-state index is -0.830. The van der Waals surface area contributed by atoms with Gasteiger partial charge < -0.3 is 9.67 Å². The van der Waals surface area contributed by atoms with E-state index in [1.807, 2.05) is 41.2 Å². The van der Waals surface area contributed by atoms with Crippen molar-refractivity contribution in [1.82, 2.24) is 4.57 Å². The molecule has 3 nitrogen and oxygen atoms in total.